The smallest absolute Gasteiger partial charge is 0.252 e. The normalized spacial score (nSPS) is 16.3. The number of fused-ring (bicyclic) bond motifs is 4. The maximum Gasteiger partial charge on any atom is 0.252 e. The Morgan fingerprint density at radius 2 is 1.38 bits per heavy atom. The highest BCUT2D eigenvalue weighted by Gasteiger charge is 2.45. The number of rotatable bonds is 8. The zero-order valence-corrected chi connectivity index (χ0v) is 45.9. The average Bonchev–Trinajstić information content (AvgIpc) is 3.66. The molecule has 2 aliphatic carbocycles. The van der Waals surface area contributed by atoms with E-state index in [1.165, 1.54) is 109 Å². The van der Waals surface area contributed by atoms with Crippen LogP contribution in [0, 0.1) is 11.3 Å². The monoisotopic (exact) mass is 960 g/mol. The molecule has 0 amide bonds. The van der Waals surface area contributed by atoms with Gasteiger partial charge in [-0.25, -0.2) is 0 Å². The van der Waals surface area contributed by atoms with Crippen molar-refractivity contribution in [2.24, 2.45) is 11.3 Å². The van der Waals surface area contributed by atoms with Crippen LogP contribution in [0.3, 0.4) is 0 Å². The topological polar surface area (TPSA) is 18.5 Å². The Morgan fingerprint density at radius 3 is 2.04 bits per heavy atom. The summed E-state index contributed by atoms with van der Waals surface area (Å²) in [6.45, 7) is 27.6. The van der Waals surface area contributed by atoms with Crippen LogP contribution in [0.5, 0.6) is 0 Å². The van der Waals surface area contributed by atoms with Crippen LogP contribution in [0.15, 0.2) is 193 Å². The number of aryl methyl sites for hydroxylation is 1. The lowest BCUT2D eigenvalue weighted by Gasteiger charge is -2.46. The lowest BCUT2D eigenvalue weighted by atomic mass is 9.33. The van der Waals surface area contributed by atoms with E-state index in [2.05, 4.69) is 274 Å². The third-order valence-electron chi connectivity index (χ3n) is 15.4. The summed E-state index contributed by atoms with van der Waals surface area (Å²) in [4.78, 5) is 5.15. The van der Waals surface area contributed by atoms with Crippen molar-refractivity contribution >= 4 is 57.2 Å². The Hall–Kier alpha value is -6.78. The molecule has 0 bridgehead atoms. The van der Waals surface area contributed by atoms with Crippen molar-refractivity contribution in [1.29, 1.82) is 0 Å². The highest BCUT2D eigenvalue weighted by Crippen LogP contribution is 2.47. The van der Waals surface area contributed by atoms with Gasteiger partial charge in [-0.15, -0.1) is 0 Å². The van der Waals surface area contributed by atoms with Crippen molar-refractivity contribution in [3.8, 4) is 22.3 Å². The number of benzene rings is 6. The molecule has 2 aliphatic heterocycles. The van der Waals surface area contributed by atoms with Crippen molar-refractivity contribution in [3.05, 3.63) is 210 Å². The molecule has 6 aromatic rings. The number of anilines is 6. The van der Waals surface area contributed by atoms with Crippen LogP contribution in [0.25, 0.3) is 22.3 Å². The second-order valence-corrected chi connectivity index (χ2v) is 23.6. The standard InChI is InChI=1S/C59H64BN3.C10H14/c1-12-33-61-46-26-31-50-53(38-46)63(48-29-23-43(24-30-48)57(3,4)5)55-37-45(59(9,10)11)36-54-56(55)60(50)51-35-44(58(6,7)8)25-32-52(51)62(54)47-27-21-40(22-28-47)42-20-19-39(13-2)49(34-42)41-17-15-14-16-18-41;1-2-7-10-8-5-3-4-6-9-10/h12,14-23,25-38,43,61H,13,24H2,1-11H3;2-3,5,7-8H,4,6,9H2,1H3/b33-12+;7-2-. The van der Waals surface area contributed by atoms with Crippen molar-refractivity contribution in [3.63, 3.8) is 0 Å². The van der Waals surface area contributed by atoms with Crippen molar-refractivity contribution < 1.29 is 0 Å². The molecular formula is C69H78BN3. The van der Waals surface area contributed by atoms with Crippen LogP contribution in [0.2, 0.25) is 0 Å². The molecule has 1 atom stereocenters. The lowest BCUT2D eigenvalue weighted by Crippen LogP contribution is -2.62. The Morgan fingerprint density at radius 1 is 0.658 bits per heavy atom. The summed E-state index contributed by atoms with van der Waals surface area (Å²) in [5, 5.41) is 3.57. The van der Waals surface area contributed by atoms with Gasteiger partial charge in [-0.05, 0) is 190 Å². The summed E-state index contributed by atoms with van der Waals surface area (Å²) in [5.41, 5.74) is 23.1. The molecule has 0 fully saturated rings. The van der Waals surface area contributed by atoms with Crippen molar-refractivity contribution in [2.75, 3.05) is 15.1 Å². The van der Waals surface area contributed by atoms with Crippen LogP contribution in [-0.2, 0) is 17.3 Å². The van der Waals surface area contributed by atoms with Gasteiger partial charge in [0.05, 0.1) is 0 Å². The molecule has 3 nitrogen and oxygen atoms in total. The second kappa shape index (κ2) is 21.0. The fourth-order valence-electron chi connectivity index (χ4n) is 11.0. The SMILES string of the molecule is C/C=C/Nc1ccc2c(c1)N(C1=CCC(C(C)(C)C)C=C1)c1cc(C(C)(C)C)cc3c1B2c1cc(C(C)(C)C)ccc1N3c1ccc(-c2ccc(CC)c(-c3ccccc3)c2)cc1.C/C=C\C1=CC=CCCC1. The third-order valence-corrected chi connectivity index (χ3v) is 15.4. The molecule has 0 radical (unpaired) electrons. The molecule has 372 valence electrons. The maximum absolute atomic E-state index is 3.57. The first-order valence-electron chi connectivity index (χ1n) is 27.1. The van der Waals surface area contributed by atoms with Crippen LogP contribution in [0.1, 0.15) is 125 Å². The van der Waals surface area contributed by atoms with Gasteiger partial charge in [0.15, 0.2) is 0 Å². The first-order chi connectivity index (χ1) is 35.0. The molecule has 2 heterocycles. The van der Waals surface area contributed by atoms with Gasteiger partial charge >= 0.3 is 0 Å². The predicted molar refractivity (Wildman–Crippen MR) is 321 cm³/mol. The largest absolute Gasteiger partial charge is 0.362 e. The number of allylic oxidation sites excluding steroid dienone is 10. The minimum Gasteiger partial charge on any atom is -0.362 e. The summed E-state index contributed by atoms with van der Waals surface area (Å²) in [6.07, 6.45) is 28.1. The van der Waals surface area contributed by atoms with E-state index in [1.54, 1.807) is 0 Å². The first kappa shape index (κ1) is 51.1. The van der Waals surface area contributed by atoms with E-state index < -0.39 is 0 Å². The molecule has 0 saturated carbocycles. The summed E-state index contributed by atoms with van der Waals surface area (Å²) >= 11 is 0. The second-order valence-electron chi connectivity index (χ2n) is 23.6. The molecule has 1 N–H and O–H groups in total. The minimum absolute atomic E-state index is 0.0161. The number of hydrogen-bond donors (Lipinski definition) is 1. The number of nitrogens with one attached hydrogen (secondary N) is 1. The van der Waals surface area contributed by atoms with Crippen LogP contribution >= 0.6 is 0 Å². The molecule has 4 aliphatic rings. The molecule has 0 spiro atoms. The Kier molecular flexibility index (Phi) is 14.7. The fraction of sp³-hybridized carbons (Fsp3) is 0.304. The summed E-state index contributed by atoms with van der Waals surface area (Å²) < 4.78 is 0. The average molecular weight is 960 g/mol. The van der Waals surface area contributed by atoms with E-state index in [0.29, 0.717) is 5.92 Å². The predicted octanol–water partition coefficient (Wildman–Crippen LogP) is 17.6. The summed E-state index contributed by atoms with van der Waals surface area (Å²) in [6, 6.07) is 46.5. The number of hydrogen-bond acceptors (Lipinski definition) is 3. The molecule has 1 unspecified atom stereocenters. The van der Waals surface area contributed by atoms with E-state index >= 15 is 0 Å². The van der Waals surface area contributed by atoms with Crippen molar-refractivity contribution in [1.82, 2.24) is 0 Å². The molecule has 0 aromatic heterocycles. The zero-order valence-electron chi connectivity index (χ0n) is 45.9. The van der Waals surface area contributed by atoms with Gasteiger partial charge in [0, 0.05) is 39.8 Å². The van der Waals surface area contributed by atoms with Gasteiger partial charge in [-0.2, -0.15) is 0 Å². The zero-order chi connectivity index (χ0) is 51.7. The lowest BCUT2D eigenvalue weighted by molar-refractivity contribution is 0.293. The quantitative estimate of drug-likeness (QED) is 0.153. The molecule has 6 aromatic carbocycles. The molecule has 10 rings (SSSR count). The molecular weight excluding hydrogens is 882 g/mol. The molecule has 73 heavy (non-hydrogen) atoms. The van der Waals surface area contributed by atoms with Crippen LogP contribution in [0.4, 0.5) is 34.1 Å². The van der Waals surface area contributed by atoms with Gasteiger partial charge in [-0.1, -0.05) is 191 Å². The van der Waals surface area contributed by atoms with Gasteiger partial charge in [-0.3, -0.25) is 0 Å². The van der Waals surface area contributed by atoms with E-state index in [9.17, 15) is 0 Å². The molecule has 4 heteroatoms. The van der Waals surface area contributed by atoms with E-state index in [1.807, 2.05) is 6.20 Å². The van der Waals surface area contributed by atoms with E-state index in [0.717, 1.165) is 24.2 Å². The summed E-state index contributed by atoms with van der Waals surface area (Å²) in [5.74, 6) is 0.478. The Bertz CT molecular complexity index is 3160. The minimum atomic E-state index is -0.0938. The highest BCUT2D eigenvalue weighted by molar-refractivity contribution is 7.00. The summed E-state index contributed by atoms with van der Waals surface area (Å²) in [7, 11) is 0. The first-order valence-corrected chi connectivity index (χ1v) is 27.1. The van der Waals surface area contributed by atoms with Gasteiger partial charge in [0.2, 0.25) is 0 Å². The van der Waals surface area contributed by atoms with Crippen molar-refractivity contribution in [2.45, 2.75) is 126 Å². The number of nitrogens with zero attached hydrogens (tertiary/aromatic N) is 2. The van der Waals surface area contributed by atoms with Gasteiger partial charge in [0.1, 0.15) is 0 Å². The Balaban J connectivity index is 0.000000588. The van der Waals surface area contributed by atoms with Crippen LogP contribution < -0.4 is 31.5 Å². The highest BCUT2D eigenvalue weighted by atomic mass is 15.2. The third kappa shape index (κ3) is 10.7. The van der Waals surface area contributed by atoms with E-state index in [4.69, 9.17) is 0 Å². The molecule has 0 saturated heterocycles. The van der Waals surface area contributed by atoms with E-state index in [-0.39, 0.29) is 23.0 Å². The van der Waals surface area contributed by atoms with Gasteiger partial charge < -0.3 is 15.1 Å². The Labute approximate surface area is 439 Å². The maximum atomic E-state index is 3.57. The van der Waals surface area contributed by atoms with Gasteiger partial charge in [0.25, 0.3) is 6.71 Å². The van der Waals surface area contributed by atoms with Crippen LogP contribution in [-0.4, -0.2) is 6.71 Å². The fourth-order valence-corrected chi connectivity index (χ4v) is 11.0.